The fourth-order valence-electron chi connectivity index (χ4n) is 5.33. The predicted octanol–water partition coefficient (Wildman–Crippen LogP) is 13.0. The molecule has 0 aliphatic heterocycles. The van der Waals surface area contributed by atoms with Gasteiger partial charge in [-0.05, 0) is 149 Å². The highest BCUT2D eigenvalue weighted by Crippen LogP contribution is 2.46. The number of benzene rings is 4. The monoisotopic (exact) mass is 563 g/mol. The van der Waals surface area contributed by atoms with Crippen molar-refractivity contribution >= 4 is 23.1 Å². The van der Waals surface area contributed by atoms with E-state index in [0.717, 1.165) is 0 Å². The zero-order valence-corrected chi connectivity index (χ0v) is 29.4. The first-order chi connectivity index (χ1) is 20.0. The van der Waals surface area contributed by atoms with Crippen molar-refractivity contribution < 1.29 is 0 Å². The van der Waals surface area contributed by atoms with Gasteiger partial charge in [0.15, 0.2) is 0 Å². The molecular formula is C41H57N. The van der Waals surface area contributed by atoms with Crippen LogP contribution in [0.4, 0.5) is 17.1 Å². The summed E-state index contributed by atoms with van der Waals surface area (Å²) in [6.45, 7) is 32.7. The molecule has 0 aliphatic rings. The smallest absolute Gasteiger partial charge is 0.0525 e. The number of rotatable bonds is 4. The van der Waals surface area contributed by atoms with Crippen LogP contribution in [-0.2, 0) is 0 Å². The average molecular weight is 564 g/mol. The highest BCUT2D eigenvalue weighted by Gasteiger charge is 2.25. The lowest BCUT2D eigenvalue weighted by Gasteiger charge is -2.34. The van der Waals surface area contributed by atoms with E-state index in [4.69, 9.17) is 0 Å². The van der Waals surface area contributed by atoms with E-state index < -0.39 is 0 Å². The average Bonchev–Trinajstić information content (AvgIpc) is 3.03. The van der Waals surface area contributed by atoms with Gasteiger partial charge in [0.25, 0.3) is 0 Å². The van der Waals surface area contributed by atoms with Crippen LogP contribution in [0.1, 0.15) is 95.8 Å². The van der Waals surface area contributed by atoms with Gasteiger partial charge in [0, 0.05) is 5.69 Å². The molecule has 0 saturated carbocycles. The molecule has 0 spiro atoms. The highest BCUT2D eigenvalue weighted by atomic mass is 15.2. The van der Waals surface area contributed by atoms with Gasteiger partial charge in [-0.25, -0.2) is 0 Å². The van der Waals surface area contributed by atoms with Crippen LogP contribution in [0.3, 0.4) is 0 Å². The van der Waals surface area contributed by atoms with Crippen molar-refractivity contribution in [3.05, 3.63) is 128 Å². The summed E-state index contributed by atoms with van der Waals surface area (Å²) < 4.78 is 0. The normalized spacial score (nSPS) is 10.2. The SMILES string of the molecule is C/C=C\c1ccccc1.CC.CC.Cc1c(C)c(C)c(N(c2ccccc2)c2c(C)c(C)c(C)c(C)c2C)c(C)c1C. The van der Waals surface area contributed by atoms with Gasteiger partial charge in [0.1, 0.15) is 0 Å². The van der Waals surface area contributed by atoms with E-state index >= 15 is 0 Å². The van der Waals surface area contributed by atoms with Crippen LogP contribution in [-0.4, -0.2) is 0 Å². The molecule has 4 aromatic rings. The molecule has 0 aromatic heterocycles. The number of anilines is 3. The molecule has 226 valence electrons. The third-order valence-electron chi connectivity index (χ3n) is 8.54. The standard InChI is InChI=1S/C28H35N.C9H10.2C2H6/c1-16-18(3)22(7)27(23(8)19(16)4)29(26-14-12-11-13-15-26)28-24(9)20(5)17(2)21(6)25(28)10;1-2-6-9-7-4-3-5-8-9;2*1-2/h11-15H,1-10H3;2-8H,1H3;2*1-2H3/b;6-2-;;. The Labute approximate surface area is 259 Å². The van der Waals surface area contributed by atoms with Crippen molar-refractivity contribution in [1.82, 2.24) is 0 Å². The van der Waals surface area contributed by atoms with Crippen LogP contribution in [0.5, 0.6) is 0 Å². The van der Waals surface area contributed by atoms with E-state index in [1.807, 2.05) is 58.9 Å². The number of hydrogen-bond acceptors (Lipinski definition) is 1. The predicted molar refractivity (Wildman–Crippen MR) is 192 cm³/mol. The molecule has 0 fully saturated rings. The van der Waals surface area contributed by atoms with E-state index in [1.54, 1.807) is 0 Å². The highest BCUT2D eigenvalue weighted by molar-refractivity contribution is 5.86. The largest absolute Gasteiger partial charge is 0.309 e. The second-order valence-electron chi connectivity index (χ2n) is 10.5. The quantitative estimate of drug-likeness (QED) is 0.239. The second-order valence-corrected chi connectivity index (χ2v) is 10.5. The summed E-state index contributed by atoms with van der Waals surface area (Å²) in [7, 11) is 0. The van der Waals surface area contributed by atoms with E-state index in [2.05, 4.69) is 123 Å². The first kappa shape index (κ1) is 36.4. The molecule has 1 heteroatoms. The summed E-state index contributed by atoms with van der Waals surface area (Å²) in [4.78, 5) is 2.51. The lowest BCUT2D eigenvalue weighted by Crippen LogP contribution is -2.18. The van der Waals surface area contributed by atoms with E-state index in [1.165, 1.54) is 78.3 Å². The summed E-state index contributed by atoms with van der Waals surface area (Å²) in [6, 6.07) is 21.1. The topological polar surface area (TPSA) is 3.24 Å². The lowest BCUT2D eigenvalue weighted by atomic mass is 9.89. The van der Waals surface area contributed by atoms with Crippen molar-refractivity contribution in [1.29, 1.82) is 0 Å². The molecule has 0 heterocycles. The molecule has 0 N–H and O–H groups in total. The summed E-state index contributed by atoms with van der Waals surface area (Å²) >= 11 is 0. The Bertz CT molecular complexity index is 1310. The number of para-hydroxylation sites is 1. The zero-order chi connectivity index (χ0) is 32.1. The molecule has 1 nitrogen and oxygen atoms in total. The Morgan fingerprint density at radius 2 is 0.690 bits per heavy atom. The van der Waals surface area contributed by atoms with Gasteiger partial charge >= 0.3 is 0 Å². The van der Waals surface area contributed by atoms with Crippen LogP contribution in [0.25, 0.3) is 6.08 Å². The molecule has 4 rings (SSSR count). The van der Waals surface area contributed by atoms with Crippen LogP contribution in [0.15, 0.2) is 66.7 Å². The number of hydrogen-bond donors (Lipinski definition) is 0. The minimum atomic E-state index is 1.22. The molecule has 0 radical (unpaired) electrons. The summed E-state index contributed by atoms with van der Waals surface area (Å²) in [5.41, 5.74) is 19.0. The second kappa shape index (κ2) is 17.4. The fourth-order valence-corrected chi connectivity index (χ4v) is 5.33. The molecule has 0 aliphatic carbocycles. The zero-order valence-electron chi connectivity index (χ0n) is 29.4. The maximum atomic E-state index is 2.51. The first-order valence-electron chi connectivity index (χ1n) is 15.7. The van der Waals surface area contributed by atoms with Gasteiger partial charge in [-0.1, -0.05) is 88.4 Å². The third-order valence-corrected chi connectivity index (χ3v) is 8.54. The molecule has 42 heavy (non-hydrogen) atoms. The minimum Gasteiger partial charge on any atom is -0.309 e. The van der Waals surface area contributed by atoms with E-state index in [9.17, 15) is 0 Å². The molecule has 4 aromatic carbocycles. The van der Waals surface area contributed by atoms with Crippen LogP contribution >= 0.6 is 0 Å². The van der Waals surface area contributed by atoms with Crippen molar-refractivity contribution in [2.24, 2.45) is 0 Å². The lowest BCUT2D eigenvalue weighted by molar-refractivity contribution is 1.09. The van der Waals surface area contributed by atoms with Crippen molar-refractivity contribution in [3.8, 4) is 0 Å². The number of nitrogens with zero attached hydrogens (tertiary/aromatic N) is 1. The molecule has 0 bridgehead atoms. The van der Waals surface area contributed by atoms with Gasteiger partial charge in [-0.2, -0.15) is 0 Å². The molecule has 0 amide bonds. The van der Waals surface area contributed by atoms with Gasteiger partial charge in [-0.3, -0.25) is 0 Å². The summed E-state index contributed by atoms with van der Waals surface area (Å²) in [5.74, 6) is 0. The maximum absolute atomic E-state index is 2.51. The Hall–Kier alpha value is -3.58. The van der Waals surface area contributed by atoms with Gasteiger partial charge < -0.3 is 4.90 Å². The van der Waals surface area contributed by atoms with Gasteiger partial charge in [0.2, 0.25) is 0 Å². The van der Waals surface area contributed by atoms with E-state index in [-0.39, 0.29) is 0 Å². The Balaban J connectivity index is 0.000000569. The molecule has 0 saturated heterocycles. The van der Waals surface area contributed by atoms with Crippen LogP contribution < -0.4 is 4.90 Å². The van der Waals surface area contributed by atoms with Crippen molar-refractivity contribution in [3.63, 3.8) is 0 Å². The van der Waals surface area contributed by atoms with Crippen molar-refractivity contribution in [2.75, 3.05) is 4.90 Å². The summed E-state index contributed by atoms with van der Waals surface area (Å²) in [6.07, 6.45) is 4.12. The number of allylic oxidation sites excluding steroid dienone is 1. The maximum Gasteiger partial charge on any atom is 0.0525 e. The molecule has 0 unspecified atom stereocenters. The van der Waals surface area contributed by atoms with Crippen LogP contribution in [0, 0.1) is 69.2 Å². The molecular weight excluding hydrogens is 506 g/mol. The summed E-state index contributed by atoms with van der Waals surface area (Å²) in [5, 5.41) is 0. The van der Waals surface area contributed by atoms with Crippen LogP contribution in [0.2, 0.25) is 0 Å². The minimum absolute atomic E-state index is 1.22. The van der Waals surface area contributed by atoms with E-state index in [0.29, 0.717) is 0 Å². The third kappa shape index (κ3) is 8.03. The van der Waals surface area contributed by atoms with Gasteiger partial charge in [-0.15, -0.1) is 0 Å². The Kier molecular flexibility index (Phi) is 15.1. The van der Waals surface area contributed by atoms with Crippen molar-refractivity contribution in [2.45, 2.75) is 104 Å². The fraction of sp³-hybridized carbons (Fsp3) is 0.366. The van der Waals surface area contributed by atoms with Gasteiger partial charge in [0.05, 0.1) is 11.4 Å². The Morgan fingerprint density at radius 3 is 1.00 bits per heavy atom. The Morgan fingerprint density at radius 1 is 0.405 bits per heavy atom. The first-order valence-corrected chi connectivity index (χ1v) is 15.7. The molecule has 0 atom stereocenters.